The van der Waals surface area contributed by atoms with E-state index in [9.17, 15) is 20.1 Å². The van der Waals surface area contributed by atoms with E-state index in [4.69, 9.17) is 4.74 Å². The number of hydrogen-bond acceptors (Lipinski definition) is 5. The van der Waals surface area contributed by atoms with E-state index in [2.05, 4.69) is 7.05 Å². The molecule has 2 aliphatic rings. The van der Waals surface area contributed by atoms with Crippen LogP contribution in [0.15, 0.2) is 11.6 Å². The first-order valence-electron chi connectivity index (χ1n) is 7.91. The average Bonchev–Trinajstić information content (AvgIpc) is 2.92. The van der Waals surface area contributed by atoms with Crippen molar-refractivity contribution in [3.8, 4) is 0 Å². The number of rotatable bonds is 5. The van der Waals surface area contributed by atoms with Crippen LogP contribution >= 0.6 is 0 Å². The lowest BCUT2D eigenvalue weighted by Crippen LogP contribution is -3.00. The number of carbonyl (C=O) groups excluding carboxylic acids is 1. The van der Waals surface area contributed by atoms with Crippen molar-refractivity contribution in [2.24, 2.45) is 5.92 Å². The van der Waals surface area contributed by atoms with Gasteiger partial charge in [-0.15, -0.1) is 0 Å². The maximum absolute atomic E-state index is 12.2. The summed E-state index contributed by atoms with van der Waals surface area (Å²) in [4.78, 5) is 12.2. The van der Waals surface area contributed by atoms with E-state index < -0.39 is 29.7 Å². The zero-order valence-corrected chi connectivity index (χ0v) is 16.4. The van der Waals surface area contributed by atoms with Gasteiger partial charge in [0.2, 0.25) is 0 Å². The molecule has 2 heterocycles. The Bertz CT molecular complexity index is 471. The minimum atomic E-state index is -1.91. The number of nitrogens with zero attached hydrogens (tertiary/aromatic N) is 1. The van der Waals surface area contributed by atoms with E-state index in [1.54, 1.807) is 13.8 Å². The fourth-order valence-electron chi connectivity index (χ4n) is 3.74. The number of likely N-dealkylation sites (N-methyl/N-ethyl adjacent to an activating group) is 1. The van der Waals surface area contributed by atoms with Gasteiger partial charge < -0.3 is 48.5 Å². The molecule has 6 nitrogen and oxygen atoms in total. The van der Waals surface area contributed by atoms with Gasteiger partial charge in [-0.05, 0) is 18.9 Å². The largest absolute Gasteiger partial charge is 1.00 e. The number of esters is 1. The molecule has 0 bridgehead atoms. The summed E-state index contributed by atoms with van der Waals surface area (Å²) in [6.07, 6.45) is 1.13. The van der Waals surface area contributed by atoms with Crippen molar-refractivity contribution in [1.29, 1.82) is 0 Å². The Morgan fingerprint density at radius 1 is 1.48 bits per heavy atom. The van der Waals surface area contributed by atoms with Gasteiger partial charge in [-0.1, -0.05) is 13.8 Å². The van der Waals surface area contributed by atoms with Crippen LogP contribution in [0.4, 0.5) is 0 Å². The molecule has 5 atom stereocenters. The molecular weight excluding hydrogens is 413 g/mol. The molecular formula is C16H28INO5. The zero-order chi connectivity index (χ0) is 16.7. The number of halogens is 1. The van der Waals surface area contributed by atoms with E-state index in [-0.39, 0.29) is 36.6 Å². The van der Waals surface area contributed by atoms with Gasteiger partial charge in [-0.2, -0.15) is 0 Å². The van der Waals surface area contributed by atoms with Gasteiger partial charge in [-0.25, -0.2) is 4.79 Å². The Kier molecular flexibility index (Phi) is 6.65. The van der Waals surface area contributed by atoms with Crippen LogP contribution < -0.4 is 24.0 Å². The second-order valence-corrected chi connectivity index (χ2v) is 7.20. The van der Waals surface area contributed by atoms with Crippen LogP contribution in [-0.4, -0.2) is 76.4 Å². The molecule has 0 aromatic heterocycles. The van der Waals surface area contributed by atoms with Crippen LogP contribution in [0.3, 0.4) is 0 Å². The smallest absolute Gasteiger partial charge is 0.341 e. The summed E-state index contributed by atoms with van der Waals surface area (Å²) >= 11 is 0. The highest BCUT2D eigenvalue weighted by Gasteiger charge is 2.51. The average molecular weight is 441 g/mol. The molecule has 3 N–H and O–H groups in total. The second-order valence-electron chi connectivity index (χ2n) is 7.20. The maximum atomic E-state index is 12.2. The normalized spacial score (nSPS) is 33.5. The number of aliphatic hydroxyl groups excluding tert-OH is 2. The monoisotopic (exact) mass is 441 g/mol. The van der Waals surface area contributed by atoms with Crippen molar-refractivity contribution in [3.05, 3.63) is 11.6 Å². The van der Waals surface area contributed by atoms with Gasteiger partial charge in [-0.3, -0.25) is 0 Å². The van der Waals surface area contributed by atoms with Crippen molar-refractivity contribution in [3.63, 3.8) is 0 Å². The van der Waals surface area contributed by atoms with Crippen LogP contribution in [0.5, 0.6) is 0 Å². The number of fused-ring (bicyclic) bond motifs is 1. The quantitative estimate of drug-likeness (QED) is 0.181. The number of ether oxygens (including phenoxy) is 1. The third kappa shape index (κ3) is 3.58. The first-order chi connectivity index (χ1) is 10.1. The van der Waals surface area contributed by atoms with Crippen molar-refractivity contribution in [2.45, 2.75) is 51.0 Å². The lowest BCUT2D eigenvalue weighted by Gasteiger charge is -2.33. The van der Waals surface area contributed by atoms with E-state index in [0.717, 1.165) is 29.6 Å². The molecule has 134 valence electrons. The van der Waals surface area contributed by atoms with Crippen LogP contribution in [-0.2, 0) is 9.53 Å². The second kappa shape index (κ2) is 7.35. The molecule has 5 unspecified atom stereocenters. The molecule has 1 saturated heterocycles. The summed E-state index contributed by atoms with van der Waals surface area (Å²) in [5, 5.41) is 30.3. The van der Waals surface area contributed by atoms with Gasteiger partial charge in [0.05, 0.1) is 26.2 Å². The zero-order valence-electron chi connectivity index (χ0n) is 14.2. The lowest BCUT2D eigenvalue weighted by atomic mass is 9.85. The van der Waals surface area contributed by atoms with Crippen LogP contribution in [0, 0.1) is 5.92 Å². The number of quaternary nitrogens is 1. The first-order valence-corrected chi connectivity index (χ1v) is 7.91. The van der Waals surface area contributed by atoms with E-state index >= 15 is 0 Å². The van der Waals surface area contributed by atoms with E-state index in [1.165, 1.54) is 6.92 Å². The highest BCUT2D eigenvalue weighted by molar-refractivity contribution is 5.80. The standard InChI is InChI=1S/C16H28NO5.HI/c1-10(2)16(21,11(3)18)15(20)22-9-12-5-7-17(4)8-6-13(19)14(12)17;/h5,10-11,13-14,18-19,21H,6-9H2,1-4H3;1H/q+1;/p-1. The Balaban J connectivity index is 0.00000264. The summed E-state index contributed by atoms with van der Waals surface area (Å²) in [6, 6.07) is -0.0357. The van der Waals surface area contributed by atoms with Crippen LogP contribution in [0.25, 0.3) is 0 Å². The van der Waals surface area contributed by atoms with Crippen molar-refractivity contribution in [2.75, 3.05) is 26.7 Å². The minimum Gasteiger partial charge on any atom is -1.00 e. The van der Waals surface area contributed by atoms with E-state index in [0.29, 0.717) is 0 Å². The fourth-order valence-corrected chi connectivity index (χ4v) is 3.74. The number of aliphatic hydroxyl groups is 3. The molecule has 0 aliphatic carbocycles. The predicted molar refractivity (Wildman–Crippen MR) is 80.8 cm³/mol. The summed E-state index contributed by atoms with van der Waals surface area (Å²) in [7, 11) is 2.09. The minimum absolute atomic E-state index is 0. The summed E-state index contributed by atoms with van der Waals surface area (Å²) in [6.45, 7) is 6.48. The van der Waals surface area contributed by atoms with Crippen molar-refractivity contribution >= 4 is 5.97 Å². The molecule has 1 fully saturated rings. The maximum Gasteiger partial charge on any atom is 0.341 e. The highest BCUT2D eigenvalue weighted by Crippen LogP contribution is 2.35. The highest BCUT2D eigenvalue weighted by atomic mass is 127. The Morgan fingerprint density at radius 3 is 2.61 bits per heavy atom. The van der Waals surface area contributed by atoms with Gasteiger partial charge in [0.25, 0.3) is 0 Å². The summed E-state index contributed by atoms with van der Waals surface area (Å²) in [5.74, 6) is -1.28. The Hall–Kier alpha value is -0.220. The molecule has 7 heteroatoms. The summed E-state index contributed by atoms with van der Waals surface area (Å²) < 4.78 is 6.03. The molecule has 23 heavy (non-hydrogen) atoms. The van der Waals surface area contributed by atoms with Gasteiger partial charge in [0.15, 0.2) is 5.60 Å². The summed E-state index contributed by atoms with van der Waals surface area (Å²) in [5.41, 5.74) is -1.01. The molecule has 2 aliphatic heterocycles. The molecule has 2 rings (SSSR count). The third-order valence-corrected chi connectivity index (χ3v) is 5.34. The topological polar surface area (TPSA) is 87.0 Å². The van der Waals surface area contributed by atoms with Gasteiger partial charge in [0.1, 0.15) is 18.8 Å². The predicted octanol–water partition coefficient (Wildman–Crippen LogP) is -3.18. The van der Waals surface area contributed by atoms with E-state index in [1.807, 2.05) is 6.08 Å². The molecule has 0 aromatic rings. The molecule has 0 radical (unpaired) electrons. The van der Waals surface area contributed by atoms with Gasteiger partial charge in [0, 0.05) is 12.0 Å². The fraction of sp³-hybridized carbons (Fsp3) is 0.812. The molecule has 0 spiro atoms. The Labute approximate surface area is 154 Å². The number of carbonyl (C=O) groups is 1. The molecule has 0 saturated carbocycles. The third-order valence-electron chi connectivity index (χ3n) is 5.34. The Morgan fingerprint density at radius 2 is 2.09 bits per heavy atom. The van der Waals surface area contributed by atoms with Crippen molar-refractivity contribution in [1.82, 2.24) is 0 Å². The van der Waals surface area contributed by atoms with Crippen molar-refractivity contribution < 1.29 is 53.3 Å². The molecule has 0 aromatic carbocycles. The molecule has 0 amide bonds. The van der Waals surface area contributed by atoms with Gasteiger partial charge >= 0.3 is 5.97 Å². The first kappa shape index (κ1) is 20.8. The van der Waals surface area contributed by atoms with Crippen LogP contribution in [0.1, 0.15) is 27.2 Å². The lowest BCUT2D eigenvalue weighted by molar-refractivity contribution is -0.906. The van der Waals surface area contributed by atoms with Crippen LogP contribution in [0.2, 0.25) is 0 Å². The SMILES string of the molecule is CC(C)C(O)(C(=O)OCC1=CC[N+]2(C)CCC(O)C12)C(C)O.[I-]. The number of hydrogen-bond donors (Lipinski definition) is 3.